The molecule has 0 bridgehead atoms. The minimum atomic E-state index is -0.455. The third-order valence-corrected chi connectivity index (χ3v) is 1.42. The second-order valence-corrected chi connectivity index (χ2v) is 2.31. The molecule has 0 saturated carbocycles. The molecule has 0 N–H and O–H groups in total. The summed E-state index contributed by atoms with van der Waals surface area (Å²) in [7, 11) is 0. The van der Waals surface area contributed by atoms with E-state index < -0.39 is 5.37 Å². The Bertz CT molecular complexity index is 125. The molecular weight excluding hydrogens is 150 g/mol. The number of carbonyl (C=O) groups is 1. The van der Waals surface area contributed by atoms with Crippen molar-refractivity contribution >= 4 is 17.0 Å². The van der Waals surface area contributed by atoms with E-state index in [1.54, 1.807) is 0 Å². The first kappa shape index (κ1) is 9.50. The maximum atomic E-state index is 10.5. The number of nitrogens with zero attached hydrogens (tertiary/aromatic N) is 1. The summed E-state index contributed by atoms with van der Waals surface area (Å²) in [6, 6.07) is 0. The number of amides is 1. The minimum Gasteiger partial charge on any atom is -0.306 e. The molecule has 0 radical (unpaired) electrons. The average Bonchev–Trinajstić information content (AvgIpc) is 1.89. The van der Waals surface area contributed by atoms with E-state index in [1.165, 1.54) is 11.1 Å². The summed E-state index contributed by atoms with van der Waals surface area (Å²) in [5, 5.41) is -0.455. The summed E-state index contributed by atoms with van der Waals surface area (Å²) in [6.45, 7) is 6.18. The smallest absolute Gasteiger partial charge is 0.306 e. The molecule has 0 aromatic rings. The van der Waals surface area contributed by atoms with E-state index in [1.807, 2.05) is 0 Å². The summed E-state index contributed by atoms with van der Waals surface area (Å²) in [5.41, 5.74) is 0. The molecule has 0 aromatic carbocycles. The second-order valence-electron chi connectivity index (χ2n) is 1.98. The molecule has 1 amide bonds. The number of rotatable bonds is 4. The van der Waals surface area contributed by atoms with Gasteiger partial charge in [0.2, 0.25) is 0 Å². The number of hydrogen-bond donors (Lipinski definition) is 0. The second kappa shape index (κ2) is 5.30. The van der Waals surface area contributed by atoms with Crippen LogP contribution in [0.1, 0.15) is 19.8 Å². The Hall–Kier alpha value is -0.500. The van der Waals surface area contributed by atoms with Crippen LogP contribution in [0, 0.1) is 0 Å². The molecule has 58 valence electrons. The van der Waals surface area contributed by atoms with Crippen molar-refractivity contribution in [2.24, 2.45) is 0 Å². The van der Waals surface area contributed by atoms with E-state index in [9.17, 15) is 4.79 Å². The highest BCUT2D eigenvalue weighted by atomic mass is 35.5. The summed E-state index contributed by atoms with van der Waals surface area (Å²) < 4.78 is 0. The summed E-state index contributed by atoms with van der Waals surface area (Å²) >= 11 is 5.20. The molecule has 10 heavy (non-hydrogen) atoms. The Kier molecular flexibility index (Phi) is 5.03. The molecule has 0 aliphatic rings. The predicted octanol–water partition coefficient (Wildman–Crippen LogP) is 2.59. The molecule has 0 spiro atoms. The van der Waals surface area contributed by atoms with Crippen molar-refractivity contribution in [2.75, 3.05) is 6.54 Å². The van der Waals surface area contributed by atoms with Crippen LogP contribution in [0.25, 0.3) is 0 Å². The van der Waals surface area contributed by atoms with Gasteiger partial charge >= 0.3 is 5.37 Å². The van der Waals surface area contributed by atoms with Gasteiger partial charge < -0.3 is 4.90 Å². The Morgan fingerprint density at radius 3 is 2.70 bits per heavy atom. The van der Waals surface area contributed by atoms with Crippen LogP contribution in [0.4, 0.5) is 4.79 Å². The minimum absolute atomic E-state index is 0.455. The van der Waals surface area contributed by atoms with Crippen LogP contribution in [0.5, 0.6) is 0 Å². The van der Waals surface area contributed by atoms with Gasteiger partial charge in [0.05, 0.1) is 0 Å². The fraction of sp³-hybridized carbons (Fsp3) is 0.571. The monoisotopic (exact) mass is 161 g/mol. The van der Waals surface area contributed by atoms with Gasteiger partial charge in [-0.3, -0.25) is 4.79 Å². The first-order valence-electron chi connectivity index (χ1n) is 3.31. The van der Waals surface area contributed by atoms with Crippen LogP contribution in [0.15, 0.2) is 12.8 Å². The molecular formula is C7H12ClNO. The highest BCUT2D eigenvalue weighted by molar-refractivity contribution is 6.62. The van der Waals surface area contributed by atoms with Crippen molar-refractivity contribution in [1.29, 1.82) is 0 Å². The zero-order valence-corrected chi connectivity index (χ0v) is 6.90. The predicted molar refractivity (Wildman–Crippen MR) is 43.1 cm³/mol. The first-order valence-corrected chi connectivity index (χ1v) is 3.68. The lowest BCUT2D eigenvalue weighted by atomic mass is 10.3. The van der Waals surface area contributed by atoms with Crippen molar-refractivity contribution in [3.63, 3.8) is 0 Å². The number of hydrogen-bond acceptors (Lipinski definition) is 1. The summed E-state index contributed by atoms with van der Waals surface area (Å²) in [6.07, 6.45) is 3.46. The van der Waals surface area contributed by atoms with E-state index in [4.69, 9.17) is 11.6 Å². The van der Waals surface area contributed by atoms with E-state index >= 15 is 0 Å². The molecule has 2 nitrogen and oxygen atoms in total. The lowest BCUT2D eigenvalue weighted by Gasteiger charge is -2.12. The fourth-order valence-corrected chi connectivity index (χ4v) is 0.733. The van der Waals surface area contributed by atoms with E-state index in [0.717, 1.165) is 12.8 Å². The van der Waals surface area contributed by atoms with Crippen LogP contribution >= 0.6 is 11.6 Å². The fourth-order valence-electron chi connectivity index (χ4n) is 0.579. The maximum absolute atomic E-state index is 10.5. The van der Waals surface area contributed by atoms with E-state index in [2.05, 4.69) is 13.5 Å². The zero-order chi connectivity index (χ0) is 7.98. The van der Waals surface area contributed by atoms with Crippen LogP contribution in [0.2, 0.25) is 0 Å². The van der Waals surface area contributed by atoms with Crippen LogP contribution in [-0.2, 0) is 0 Å². The van der Waals surface area contributed by atoms with Crippen molar-refractivity contribution in [1.82, 2.24) is 4.90 Å². The Morgan fingerprint density at radius 1 is 1.80 bits per heavy atom. The lowest BCUT2D eigenvalue weighted by Crippen LogP contribution is -2.20. The zero-order valence-electron chi connectivity index (χ0n) is 6.14. The largest absolute Gasteiger partial charge is 0.320 e. The molecule has 0 aliphatic carbocycles. The molecule has 0 unspecified atom stereocenters. The van der Waals surface area contributed by atoms with Crippen LogP contribution in [0.3, 0.4) is 0 Å². The molecule has 0 fully saturated rings. The first-order chi connectivity index (χ1) is 4.72. The van der Waals surface area contributed by atoms with Crippen LogP contribution in [-0.4, -0.2) is 16.8 Å². The van der Waals surface area contributed by atoms with E-state index in [0.29, 0.717) is 6.54 Å². The van der Waals surface area contributed by atoms with E-state index in [-0.39, 0.29) is 0 Å². The third kappa shape index (κ3) is 3.51. The van der Waals surface area contributed by atoms with Gasteiger partial charge in [-0.15, -0.1) is 0 Å². The van der Waals surface area contributed by atoms with Gasteiger partial charge in [-0.2, -0.15) is 0 Å². The molecule has 0 atom stereocenters. The van der Waals surface area contributed by atoms with Gasteiger partial charge in [-0.1, -0.05) is 19.9 Å². The quantitative estimate of drug-likeness (QED) is 0.459. The SMILES string of the molecule is C=CN(CCCC)C(=O)Cl. The topological polar surface area (TPSA) is 20.3 Å². The molecule has 0 saturated heterocycles. The van der Waals surface area contributed by atoms with Crippen molar-refractivity contribution in [2.45, 2.75) is 19.8 Å². The third-order valence-electron chi connectivity index (χ3n) is 1.20. The average molecular weight is 162 g/mol. The van der Waals surface area contributed by atoms with Gasteiger partial charge in [0, 0.05) is 12.7 Å². The molecule has 0 heterocycles. The van der Waals surface area contributed by atoms with Crippen molar-refractivity contribution < 1.29 is 4.79 Å². The standard InChI is InChI=1S/C7H12ClNO/c1-3-5-6-9(4-2)7(8)10/h4H,2-3,5-6H2,1H3. The summed E-state index contributed by atoms with van der Waals surface area (Å²) in [5.74, 6) is 0. The normalized spacial score (nSPS) is 9.00. The molecule has 0 rings (SSSR count). The highest BCUT2D eigenvalue weighted by Gasteiger charge is 2.03. The Balaban J connectivity index is 3.60. The molecule has 0 aliphatic heterocycles. The highest BCUT2D eigenvalue weighted by Crippen LogP contribution is 1.99. The van der Waals surface area contributed by atoms with Crippen molar-refractivity contribution in [3.8, 4) is 0 Å². The van der Waals surface area contributed by atoms with Gasteiger partial charge in [0.25, 0.3) is 0 Å². The molecule has 0 aromatic heterocycles. The van der Waals surface area contributed by atoms with Gasteiger partial charge in [-0.25, -0.2) is 0 Å². The van der Waals surface area contributed by atoms with Gasteiger partial charge in [0.15, 0.2) is 0 Å². The Labute approximate surface area is 66.5 Å². The lowest BCUT2D eigenvalue weighted by molar-refractivity contribution is 0.237. The number of unbranched alkanes of at least 4 members (excludes halogenated alkanes) is 1. The summed E-state index contributed by atoms with van der Waals surface area (Å²) in [4.78, 5) is 11.9. The van der Waals surface area contributed by atoms with Crippen molar-refractivity contribution in [3.05, 3.63) is 12.8 Å². The molecule has 3 heteroatoms. The van der Waals surface area contributed by atoms with Crippen LogP contribution < -0.4 is 0 Å². The van der Waals surface area contributed by atoms with Gasteiger partial charge in [0.1, 0.15) is 0 Å². The number of carbonyl (C=O) groups excluding carboxylic acids is 1. The maximum Gasteiger partial charge on any atom is 0.320 e. The Morgan fingerprint density at radius 2 is 2.40 bits per heavy atom. The van der Waals surface area contributed by atoms with Gasteiger partial charge in [-0.05, 0) is 18.0 Å². The number of halogens is 1.